The van der Waals surface area contributed by atoms with Crippen LogP contribution in [0.5, 0.6) is 5.75 Å². The first kappa shape index (κ1) is 14.4. The van der Waals surface area contributed by atoms with Crippen LogP contribution in [0.2, 0.25) is 5.02 Å². The van der Waals surface area contributed by atoms with Crippen molar-refractivity contribution in [3.63, 3.8) is 0 Å². The van der Waals surface area contributed by atoms with Gasteiger partial charge in [0.2, 0.25) is 0 Å². The lowest BCUT2D eigenvalue weighted by Gasteiger charge is -2.16. The summed E-state index contributed by atoms with van der Waals surface area (Å²) in [7, 11) is 1.61. The van der Waals surface area contributed by atoms with E-state index in [1.165, 1.54) is 0 Å². The molecule has 0 amide bonds. The van der Waals surface area contributed by atoms with Crippen LogP contribution in [0.15, 0.2) is 40.9 Å². The highest BCUT2D eigenvalue weighted by atomic mass is 79.9. The van der Waals surface area contributed by atoms with Gasteiger partial charge in [-0.05, 0) is 57.7 Å². The number of hydrogen-bond donors (Lipinski definition) is 1. The van der Waals surface area contributed by atoms with Crippen LogP contribution in [0.1, 0.15) is 22.8 Å². The highest BCUT2D eigenvalue weighted by Crippen LogP contribution is 2.33. The van der Waals surface area contributed by atoms with E-state index in [4.69, 9.17) is 16.3 Å². The SMILES string of the molecule is COc1ccc(C(O)c2cccc(Cl)c2C)cc1Br. The van der Waals surface area contributed by atoms with E-state index >= 15 is 0 Å². The fourth-order valence-corrected chi connectivity index (χ4v) is 2.69. The molecule has 0 aliphatic rings. The van der Waals surface area contributed by atoms with E-state index in [0.29, 0.717) is 5.02 Å². The molecule has 0 radical (unpaired) electrons. The van der Waals surface area contributed by atoms with Crippen LogP contribution in [0.4, 0.5) is 0 Å². The Bertz CT molecular complexity index is 599. The first-order valence-corrected chi connectivity index (χ1v) is 6.98. The van der Waals surface area contributed by atoms with Crippen molar-refractivity contribution < 1.29 is 9.84 Å². The molecule has 0 aliphatic carbocycles. The van der Waals surface area contributed by atoms with Gasteiger partial charge in [0.25, 0.3) is 0 Å². The van der Waals surface area contributed by atoms with E-state index in [1.54, 1.807) is 7.11 Å². The van der Waals surface area contributed by atoms with E-state index in [9.17, 15) is 5.11 Å². The molecule has 2 aromatic carbocycles. The van der Waals surface area contributed by atoms with Gasteiger partial charge in [-0.1, -0.05) is 29.8 Å². The average Bonchev–Trinajstić information content (AvgIpc) is 2.41. The van der Waals surface area contributed by atoms with Gasteiger partial charge in [0.1, 0.15) is 11.9 Å². The number of rotatable bonds is 3. The minimum atomic E-state index is -0.707. The number of benzene rings is 2. The standard InChI is InChI=1S/C15H14BrClO2/c1-9-11(4-3-5-13(9)17)15(18)10-6-7-14(19-2)12(16)8-10/h3-8,15,18H,1-2H3. The number of aliphatic hydroxyl groups is 1. The maximum atomic E-state index is 10.5. The summed E-state index contributed by atoms with van der Waals surface area (Å²) < 4.78 is 5.99. The zero-order valence-electron chi connectivity index (χ0n) is 10.7. The van der Waals surface area contributed by atoms with Crippen molar-refractivity contribution in [3.05, 3.63) is 62.6 Å². The quantitative estimate of drug-likeness (QED) is 0.890. The van der Waals surface area contributed by atoms with Crippen LogP contribution < -0.4 is 4.74 Å². The molecule has 1 N–H and O–H groups in total. The van der Waals surface area contributed by atoms with Crippen molar-refractivity contribution in [1.29, 1.82) is 0 Å². The molecule has 2 nitrogen and oxygen atoms in total. The molecule has 0 spiro atoms. The lowest BCUT2D eigenvalue weighted by atomic mass is 9.97. The predicted octanol–water partition coefficient (Wildman–Crippen LogP) is 4.50. The van der Waals surface area contributed by atoms with Crippen molar-refractivity contribution in [3.8, 4) is 5.75 Å². The van der Waals surface area contributed by atoms with Crippen molar-refractivity contribution in [1.82, 2.24) is 0 Å². The summed E-state index contributed by atoms with van der Waals surface area (Å²) in [6.45, 7) is 1.90. The Morgan fingerprint density at radius 1 is 1.26 bits per heavy atom. The number of hydrogen-bond acceptors (Lipinski definition) is 2. The van der Waals surface area contributed by atoms with Gasteiger partial charge in [0.15, 0.2) is 0 Å². The van der Waals surface area contributed by atoms with Gasteiger partial charge in [-0.3, -0.25) is 0 Å². The average molecular weight is 342 g/mol. The molecule has 0 aliphatic heterocycles. The van der Waals surface area contributed by atoms with Gasteiger partial charge in [-0.15, -0.1) is 0 Å². The van der Waals surface area contributed by atoms with E-state index < -0.39 is 6.10 Å². The molecule has 2 aromatic rings. The second-order valence-electron chi connectivity index (χ2n) is 4.25. The van der Waals surface area contributed by atoms with Crippen LogP contribution in [-0.2, 0) is 0 Å². The summed E-state index contributed by atoms with van der Waals surface area (Å²) in [5, 5.41) is 11.1. The van der Waals surface area contributed by atoms with Crippen molar-refractivity contribution >= 4 is 27.5 Å². The molecule has 1 unspecified atom stereocenters. The Morgan fingerprint density at radius 2 is 2.00 bits per heavy atom. The van der Waals surface area contributed by atoms with Gasteiger partial charge in [-0.25, -0.2) is 0 Å². The fourth-order valence-electron chi connectivity index (χ4n) is 1.95. The van der Waals surface area contributed by atoms with Gasteiger partial charge in [-0.2, -0.15) is 0 Å². The van der Waals surface area contributed by atoms with E-state index in [1.807, 2.05) is 43.3 Å². The minimum Gasteiger partial charge on any atom is -0.496 e. The highest BCUT2D eigenvalue weighted by Gasteiger charge is 2.15. The van der Waals surface area contributed by atoms with E-state index in [2.05, 4.69) is 15.9 Å². The molecule has 2 rings (SSSR count). The largest absolute Gasteiger partial charge is 0.496 e. The zero-order valence-corrected chi connectivity index (χ0v) is 13.0. The summed E-state index contributed by atoms with van der Waals surface area (Å²) in [5.41, 5.74) is 2.49. The third-order valence-electron chi connectivity index (χ3n) is 3.10. The zero-order chi connectivity index (χ0) is 14.0. The lowest BCUT2D eigenvalue weighted by Crippen LogP contribution is -2.02. The number of halogens is 2. The Balaban J connectivity index is 2.41. The summed E-state index contributed by atoms with van der Waals surface area (Å²) in [6.07, 6.45) is -0.707. The third kappa shape index (κ3) is 2.94. The van der Waals surface area contributed by atoms with Gasteiger partial charge < -0.3 is 9.84 Å². The van der Waals surface area contributed by atoms with E-state index in [-0.39, 0.29) is 0 Å². The summed E-state index contributed by atoms with van der Waals surface area (Å²) in [5.74, 6) is 0.735. The normalized spacial score (nSPS) is 12.3. The van der Waals surface area contributed by atoms with Crippen molar-refractivity contribution in [2.45, 2.75) is 13.0 Å². The fraction of sp³-hybridized carbons (Fsp3) is 0.200. The molecule has 0 aromatic heterocycles. The molecule has 0 bridgehead atoms. The second-order valence-corrected chi connectivity index (χ2v) is 5.51. The molecule has 100 valence electrons. The number of aliphatic hydroxyl groups excluding tert-OH is 1. The Kier molecular flexibility index (Phi) is 4.50. The van der Waals surface area contributed by atoms with Crippen LogP contribution in [-0.4, -0.2) is 12.2 Å². The maximum Gasteiger partial charge on any atom is 0.133 e. The Hall–Kier alpha value is -1.03. The van der Waals surface area contributed by atoms with Crippen molar-refractivity contribution in [2.24, 2.45) is 0 Å². The smallest absolute Gasteiger partial charge is 0.133 e. The summed E-state index contributed by atoms with van der Waals surface area (Å²) >= 11 is 9.50. The van der Waals surface area contributed by atoms with Crippen LogP contribution >= 0.6 is 27.5 Å². The van der Waals surface area contributed by atoms with Crippen molar-refractivity contribution in [2.75, 3.05) is 7.11 Å². The summed E-state index contributed by atoms with van der Waals surface area (Å²) in [4.78, 5) is 0. The topological polar surface area (TPSA) is 29.5 Å². The number of ether oxygens (including phenoxy) is 1. The van der Waals surface area contributed by atoms with Crippen LogP contribution in [0, 0.1) is 6.92 Å². The second kappa shape index (κ2) is 5.95. The molecule has 0 saturated heterocycles. The van der Waals surface area contributed by atoms with Crippen LogP contribution in [0.25, 0.3) is 0 Å². The molecule has 19 heavy (non-hydrogen) atoms. The Labute approximate surface area is 126 Å². The maximum absolute atomic E-state index is 10.5. The third-order valence-corrected chi connectivity index (χ3v) is 4.12. The molecule has 0 fully saturated rings. The van der Waals surface area contributed by atoms with Gasteiger partial charge in [0, 0.05) is 5.02 Å². The first-order valence-electron chi connectivity index (χ1n) is 5.81. The molecule has 4 heteroatoms. The first-order chi connectivity index (χ1) is 9.04. The summed E-state index contributed by atoms with van der Waals surface area (Å²) in [6, 6.07) is 11.1. The molecular formula is C15H14BrClO2. The minimum absolute atomic E-state index is 0.657. The van der Waals surface area contributed by atoms with Gasteiger partial charge in [0.05, 0.1) is 11.6 Å². The highest BCUT2D eigenvalue weighted by molar-refractivity contribution is 9.10. The Morgan fingerprint density at radius 3 is 2.63 bits per heavy atom. The molecular weight excluding hydrogens is 328 g/mol. The monoisotopic (exact) mass is 340 g/mol. The van der Waals surface area contributed by atoms with Crippen LogP contribution in [0.3, 0.4) is 0 Å². The lowest BCUT2D eigenvalue weighted by molar-refractivity contribution is 0.219. The molecule has 0 heterocycles. The number of methoxy groups -OCH3 is 1. The van der Waals surface area contributed by atoms with E-state index in [0.717, 1.165) is 26.9 Å². The predicted molar refractivity (Wildman–Crippen MR) is 80.9 cm³/mol. The molecule has 1 atom stereocenters. The van der Waals surface area contributed by atoms with Gasteiger partial charge >= 0.3 is 0 Å². The molecule has 0 saturated carbocycles.